The number of hydrogen-bond donors (Lipinski definition) is 2. The smallest absolute Gasteiger partial charge is 0.325 e. The Morgan fingerprint density at radius 1 is 1.03 bits per heavy atom. The van der Waals surface area contributed by atoms with E-state index >= 15 is 0 Å². The lowest BCUT2D eigenvalue weighted by atomic mass is 9.87. The lowest BCUT2D eigenvalue weighted by Gasteiger charge is -2.25. The van der Waals surface area contributed by atoms with Crippen LogP contribution in [0.3, 0.4) is 0 Å². The monoisotopic (exact) mass is 427 g/mol. The minimum atomic E-state index is -1.23. The molecular weight excluding hydrogens is 406 g/mol. The predicted octanol–water partition coefficient (Wildman–Crippen LogP) is 3.73. The van der Waals surface area contributed by atoms with Gasteiger partial charge in [0.05, 0.1) is 6.54 Å². The number of nitrogens with one attached hydrogen (secondary N) is 2. The maximum absolute atomic E-state index is 13.1. The van der Waals surface area contributed by atoms with E-state index in [2.05, 4.69) is 10.6 Å². The van der Waals surface area contributed by atoms with Crippen molar-refractivity contribution >= 4 is 40.9 Å². The normalized spacial score (nSPS) is 18.3. The zero-order valence-electron chi connectivity index (χ0n) is 16.7. The standard InChI is InChI=1S/C22H22ClN3O4/c1-3-19(28)24-17-11-5-14(6-12-17)18(27)13-26-20(29)22(4-2,25-21(26)30)15-7-9-16(23)10-8-15/h5-12H,3-4,13H2,1-2H3,(H,24,28)(H,25,30)/t22-/m1/s1. The van der Waals surface area contributed by atoms with Crippen LogP contribution in [-0.2, 0) is 15.1 Å². The molecule has 1 saturated heterocycles. The van der Waals surface area contributed by atoms with Gasteiger partial charge in [0.2, 0.25) is 5.91 Å². The van der Waals surface area contributed by atoms with Crippen LogP contribution < -0.4 is 10.6 Å². The molecule has 0 radical (unpaired) electrons. The van der Waals surface area contributed by atoms with Crippen LogP contribution in [0.1, 0.15) is 42.6 Å². The maximum atomic E-state index is 13.1. The van der Waals surface area contributed by atoms with Gasteiger partial charge in [-0.1, -0.05) is 37.6 Å². The van der Waals surface area contributed by atoms with E-state index in [-0.39, 0.29) is 18.2 Å². The Balaban J connectivity index is 1.77. The predicted molar refractivity (Wildman–Crippen MR) is 113 cm³/mol. The van der Waals surface area contributed by atoms with Crippen LogP contribution in [0.25, 0.3) is 0 Å². The SMILES string of the molecule is CCC(=O)Nc1ccc(C(=O)CN2C(=O)N[C@](CC)(c3ccc(Cl)cc3)C2=O)cc1. The van der Waals surface area contributed by atoms with E-state index in [0.29, 0.717) is 34.7 Å². The lowest BCUT2D eigenvalue weighted by molar-refractivity contribution is -0.131. The van der Waals surface area contributed by atoms with Crippen molar-refractivity contribution in [2.45, 2.75) is 32.2 Å². The van der Waals surface area contributed by atoms with Crippen LogP contribution in [0.4, 0.5) is 10.5 Å². The van der Waals surface area contributed by atoms with Crippen molar-refractivity contribution in [1.29, 1.82) is 0 Å². The number of halogens is 1. The van der Waals surface area contributed by atoms with Crippen LogP contribution in [-0.4, -0.2) is 35.1 Å². The Bertz CT molecular complexity index is 988. The lowest BCUT2D eigenvalue weighted by Crippen LogP contribution is -2.43. The van der Waals surface area contributed by atoms with E-state index < -0.39 is 17.5 Å². The number of nitrogens with zero attached hydrogens (tertiary/aromatic N) is 1. The summed E-state index contributed by atoms with van der Waals surface area (Å²) in [6, 6.07) is 12.4. The van der Waals surface area contributed by atoms with Crippen LogP contribution in [0.5, 0.6) is 0 Å². The third kappa shape index (κ3) is 4.07. The number of benzene rings is 2. The summed E-state index contributed by atoms with van der Waals surface area (Å²) in [4.78, 5) is 50.8. The summed E-state index contributed by atoms with van der Waals surface area (Å²) in [5, 5.41) is 5.96. The van der Waals surface area contributed by atoms with Gasteiger partial charge in [-0.25, -0.2) is 4.79 Å². The van der Waals surface area contributed by atoms with Crippen molar-refractivity contribution in [3.63, 3.8) is 0 Å². The van der Waals surface area contributed by atoms with E-state index in [1.807, 2.05) is 0 Å². The van der Waals surface area contributed by atoms with Crippen LogP contribution in [0, 0.1) is 0 Å². The topological polar surface area (TPSA) is 95.6 Å². The third-order valence-electron chi connectivity index (χ3n) is 5.16. The van der Waals surface area contributed by atoms with Gasteiger partial charge in [0.25, 0.3) is 5.91 Å². The largest absolute Gasteiger partial charge is 0.326 e. The first kappa shape index (κ1) is 21.5. The number of urea groups is 1. The van der Waals surface area contributed by atoms with Gasteiger partial charge < -0.3 is 10.6 Å². The molecule has 4 amide bonds. The summed E-state index contributed by atoms with van der Waals surface area (Å²) >= 11 is 5.93. The molecule has 1 aliphatic heterocycles. The molecule has 2 aromatic carbocycles. The number of anilines is 1. The van der Waals surface area contributed by atoms with Crippen LogP contribution >= 0.6 is 11.6 Å². The Morgan fingerprint density at radius 2 is 1.67 bits per heavy atom. The van der Waals surface area contributed by atoms with Gasteiger partial charge in [-0.05, 0) is 48.4 Å². The van der Waals surface area contributed by atoms with Crippen molar-refractivity contribution in [3.8, 4) is 0 Å². The molecule has 156 valence electrons. The Kier molecular flexibility index (Phi) is 6.22. The number of carbonyl (C=O) groups is 4. The first-order valence-electron chi connectivity index (χ1n) is 9.64. The van der Waals surface area contributed by atoms with E-state index in [1.54, 1.807) is 62.4 Å². The van der Waals surface area contributed by atoms with Crippen molar-refractivity contribution in [2.24, 2.45) is 0 Å². The zero-order valence-corrected chi connectivity index (χ0v) is 17.5. The second-order valence-corrected chi connectivity index (χ2v) is 7.43. The molecule has 0 saturated carbocycles. The average Bonchev–Trinajstić information content (AvgIpc) is 2.99. The number of amides is 4. The van der Waals surface area contributed by atoms with Crippen molar-refractivity contribution in [2.75, 3.05) is 11.9 Å². The molecule has 0 aromatic heterocycles. The molecule has 2 aromatic rings. The van der Waals surface area contributed by atoms with Gasteiger partial charge in [-0.2, -0.15) is 0 Å². The van der Waals surface area contributed by atoms with Gasteiger partial charge in [0, 0.05) is 22.7 Å². The zero-order chi connectivity index (χ0) is 21.9. The molecule has 30 heavy (non-hydrogen) atoms. The van der Waals surface area contributed by atoms with E-state index in [9.17, 15) is 19.2 Å². The summed E-state index contributed by atoms with van der Waals surface area (Å²) in [7, 11) is 0. The van der Waals surface area contributed by atoms with Crippen molar-refractivity contribution < 1.29 is 19.2 Å². The van der Waals surface area contributed by atoms with E-state index in [0.717, 1.165) is 4.90 Å². The van der Waals surface area contributed by atoms with E-state index in [1.165, 1.54) is 0 Å². The Hall–Kier alpha value is -3.19. The minimum absolute atomic E-state index is 0.133. The molecule has 2 N–H and O–H groups in total. The maximum Gasteiger partial charge on any atom is 0.325 e. The number of carbonyl (C=O) groups excluding carboxylic acids is 4. The second kappa shape index (κ2) is 8.67. The third-order valence-corrected chi connectivity index (χ3v) is 5.41. The molecule has 1 fully saturated rings. The first-order valence-corrected chi connectivity index (χ1v) is 10.0. The highest BCUT2D eigenvalue weighted by Gasteiger charge is 2.51. The molecule has 1 aliphatic rings. The van der Waals surface area contributed by atoms with Gasteiger partial charge in [0.1, 0.15) is 5.54 Å². The fourth-order valence-electron chi connectivity index (χ4n) is 3.37. The average molecular weight is 428 g/mol. The molecule has 0 unspecified atom stereocenters. The number of hydrogen-bond acceptors (Lipinski definition) is 4. The van der Waals surface area contributed by atoms with Gasteiger partial charge in [0.15, 0.2) is 5.78 Å². The highest BCUT2D eigenvalue weighted by Crippen LogP contribution is 2.33. The molecule has 0 aliphatic carbocycles. The van der Waals surface area contributed by atoms with E-state index in [4.69, 9.17) is 11.6 Å². The number of ketones is 1. The summed E-state index contributed by atoms with van der Waals surface area (Å²) in [6.45, 7) is 3.16. The molecule has 1 heterocycles. The van der Waals surface area contributed by atoms with Gasteiger partial charge >= 0.3 is 6.03 Å². The number of Topliss-reactive ketones (excluding diaryl/α,β-unsaturated/α-hetero) is 1. The Morgan fingerprint density at radius 3 is 2.23 bits per heavy atom. The molecule has 8 heteroatoms. The highest BCUT2D eigenvalue weighted by molar-refractivity contribution is 6.30. The van der Waals surface area contributed by atoms with Crippen LogP contribution in [0.15, 0.2) is 48.5 Å². The minimum Gasteiger partial charge on any atom is -0.326 e. The molecule has 0 bridgehead atoms. The molecule has 3 rings (SSSR count). The van der Waals surface area contributed by atoms with Crippen molar-refractivity contribution in [3.05, 3.63) is 64.7 Å². The molecular formula is C22H22ClN3O4. The Labute approximate surface area is 179 Å². The summed E-state index contributed by atoms with van der Waals surface area (Å²) < 4.78 is 0. The summed E-state index contributed by atoms with van der Waals surface area (Å²) in [5.41, 5.74) is 0.293. The van der Waals surface area contributed by atoms with Crippen LogP contribution in [0.2, 0.25) is 5.02 Å². The summed E-state index contributed by atoms with van der Waals surface area (Å²) in [6.07, 6.45) is 0.676. The highest BCUT2D eigenvalue weighted by atomic mass is 35.5. The van der Waals surface area contributed by atoms with Crippen molar-refractivity contribution in [1.82, 2.24) is 10.2 Å². The van der Waals surface area contributed by atoms with Gasteiger partial charge in [-0.3, -0.25) is 19.3 Å². The fourth-order valence-corrected chi connectivity index (χ4v) is 3.49. The second-order valence-electron chi connectivity index (χ2n) is 6.99. The fraction of sp³-hybridized carbons (Fsp3) is 0.273. The molecule has 7 nitrogen and oxygen atoms in total. The number of imide groups is 1. The molecule has 1 atom stereocenters. The summed E-state index contributed by atoms with van der Waals surface area (Å²) in [5.74, 6) is -0.987. The molecule has 0 spiro atoms. The number of rotatable bonds is 7. The quantitative estimate of drug-likeness (QED) is 0.520. The first-order chi connectivity index (χ1) is 14.3. The van der Waals surface area contributed by atoms with Gasteiger partial charge in [-0.15, -0.1) is 0 Å².